The lowest BCUT2D eigenvalue weighted by Crippen LogP contribution is -2.00. The molecule has 0 aliphatic rings. The van der Waals surface area contributed by atoms with Crippen molar-refractivity contribution in [2.45, 2.75) is 6.54 Å². The first-order valence-electron chi connectivity index (χ1n) is 5.71. The average molecular weight is 318 g/mol. The van der Waals surface area contributed by atoms with Crippen LogP contribution in [0.3, 0.4) is 0 Å². The van der Waals surface area contributed by atoms with Gasteiger partial charge in [0.1, 0.15) is 11.8 Å². The maximum Gasteiger partial charge on any atom is 0.174 e. The van der Waals surface area contributed by atoms with Crippen LogP contribution in [-0.2, 0) is 6.54 Å². The third-order valence-corrected chi connectivity index (χ3v) is 2.85. The average Bonchev–Trinajstić information content (AvgIpc) is 2.44. The van der Waals surface area contributed by atoms with E-state index >= 15 is 0 Å². The lowest BCUT2D eigenvalue weighted by atomic mass is 10.2. The first kappa shape index (κ1) is 13.4. The maximum atomic E-state index is 8.42. The zero-order chi connectivity index (χ0) is 13.5. The molecular formula is C14H12BrN3O. The monoisotopic (exact) mass is 317 g/mol. The summed E-state index contributed by atoms with van der Waals surface area (Å²) in [7, 11) is 0. The maximum absolute atomic E-state index is 8.42. The van der Waals surface area contributed by atoms with Crippen LogP contribution in [0.15, 0.2) is 47.2 Å². The molecule has 0 fully saturated rings. The Kier molecular flexibility index (Phi) is 4.76. The Labute approximate surface area is 120 Å². The molecule has 0 aliphatic carbocycles. The summed E-state index contributed by atoms with van der Waals surface area (Å²) in [5.41, 5.74) is 2.09. The van der Waals surface area contributed by atoms with E-state index in [4.69, 9.17) is 10.00 Å². The second-order valence-corrected chi connectivity index (χ2v) is 4.75. The molecule has 0 saturated carbocycles. The molecule has 0 unspecified atom stereocenters. The standard InChI is InChI=1S/C14H12BrN3O/c15-12-7-11(8-17-10-12)9-18-13-1-3-14(4-2-13)19-6-5-16/h1-4,7-8,10,18H,6,9H2. The highest BCUT2D eigenvalue weighted by Crippen LogP contribution is 2.17. The highest BCUT2D eigenvalue weighted by atomic mass is 79.9. The molecule has 1 aromatic carbocycles. The number of rotatable bonds is 5. The van der Waals surface area contributed by atoms with Crippen LogP contribution in [0.4, 0.5) is 5.69 Å². The largest absolute Gasteiger partial charge is 0.479 e. The second-order valence-electron chi connectivity index (χ2n) is 3.84. The first-order chi connectivity index (χ1) is 9.28. The minimum atomic E-state index is 0.0660. The van der Waals surface area contributed by atoms with Gasteiger partial charge in [0.2, 0.25) is 0 Å². The number of anilines is 1. The van der Waals surface area contributed by atoms with Gasteiger partial charge in [0.05, 0.1) is 0 Å². The number of hydrogen-bond acceptors (Lipinski definition) is 4. The van der Waals surface area contributed by atoms with Gasteiger partial charge in [-0.15, -0.1) is 0 Å². The Morgan fingerprint density at radius 1 is 1.26 bits per heavy atom. The Bertz CT molecular complexity index is 578. The molecule has 2 aromatic rings. The molecule has 1 aromatic heterocycles. The smallest absolute Gasteiger partial charge is 0.174 e. The summed E-state index contributed by atoms with van der Waals surface area (Å²) in [4.78, 5) is 4.11. The van der Waals surface area contributed by atoms with Crippen molar-refractivity contribution in [1.82, 2.24) is 4.98 Å². The van der Waals surface area contributed by atoms with Crippen LogP contribution in [0.5, 0.6) is 5.75 Å². The van der Waals surface area contributed by atoms with E-state index in [1.807, 2.05) is 42.6 Å². The van der Waals surface area contributed by atoms with E-state index in [0.29, 0.717) is 12.3 Å². The number of aromatic nitrogens is 1. The molecule has 96 valence electrons. The molecule has 5 heteroatoms. The fourth-order valence-electron chi connectivity index (χ4n) is 1.54. The summed E-state index contributed by atoms with van der Waals surface area (Å²) < 4.78 is 6.15. The van der Waals surface area contributed by atoms with Crippen molar-refractivity contribution in [2.75, 3.05) is 11.9 Å². The number of nitrogens with one attached hydrogen (secondary N) is 1. The Balaban J connectivity index is 1.91. The lowest BCUT2D eigenvalue weighted by molar-refractivity contribution is 0.368. The minimum Gasteiger partial charge on any atom is -0.479 e. The summed E-state index contributed by atoms with van der Waals surface area (Å²) in [6.07, 6.45) is 3.58. The van der Waals surface area contributed by atoms with Gasteiger partial charge in [-0.25, -0.2) is 0 Å². The third kappa shape index (κ3) is 4.27. The highest BCUT2D eigenvalue weighted by molar-refractivity contribution is 9.10. The molecule has 0 aliphatic heterocycles. The molecule has 4 nitrogen and oxygen atoms in total. The van der Waals surface area contributed by atoms with Crippen LogP contribution >= 0.6 is 15.9 Å². The number of nitriles is 1. The molecule has 0 amide bonds. The van der Waals surface area contributed by atoms with Crippen LogP contribution < -0.4 is 10.1 Å². The van der Waals surface area contributed by atoms with Crippen LogP contribution in [0.2, 0.25) is 0 Å². The summed E-state index contributed by atoms with van der Waals surface area (Å²) >= 11 is 3.39. The molecule has 19 heavy (non-hydrogen) atoms. The van der Waals surface area contributed by atoms with E-state index in [-0.39, 0.29) is 6.61 Å². The summed E-state index contributed by atoms with van der Waals surface area (Å²) in [6.45, 7) is 0.765. The SMILES string of the molecule is N#CCOc1ccc(NCc2cncc(Br)c2)cc1. The van der Waals surface area contributed by atoms with Crippen LogP contribution in [0.25, 0.3) is 0 Å². The van der Waals surface area contributed by atoms with Crippen molar-refractivity contribution in [2.24, 2.45) is 0 Å². The number of ether oxygens (including phenoxy) is 1. The Morgan fingerprint density at radius 2 is 2.05 bits per heavy atom. The lowest BCUT2D eigenvalue weighted by Gasteiger charge is -2.07. The van der Waals surface area contributed by atoms with Gasteiger partial charge < -0.3 is 10.1 Å². The van der Waals surface area contributed by atoms with Gasteiger partial charge in [-0.3, -0.25) is 4.98 Å². The normalized spacial score (nSPS) is 9.68. The van der Waals surface area contributed by atoms with Gasteiger partial charge in [0.15, 0.2) is 6.61 Å². The first-order valence-corrected chi connectivity index (χ1v) is 6.50. The van der Waals surface area contributed by atoms with Gasteiger partial charge in [-0.2, -0.15) is 5.26 Å². The third-order valence-electron chi connectivity index (χ3n) is 2.42. The second kappa shape index (κ2) is 6.76. The van der Waals surface area contributed by atoms with E-state index in [0.717, 1.165) is 15.7 Å². The quantitative estimate of drug-likeness (QED) is 0.918. The predicted octanol–water partition coefficient (Wildman–Crippen LogP) is 3.36. The van der Waals surface area contributed by atoms with Crippen LogP contribution in [-0.4, -0.2) is 11.6 Å². The van der Waals surface area contributed by atoms with Crippen LogP contribution in [0.1, 0.15) is 5.56 Å². The van der Waals surface area contributed by atoms with Crippen molar-refractivity contribution in [3.8, 4) is 11.8 Å². The van der Waals surface area contributed by atoms with E-state index in [2.05, 4.69) is 26.2 Å². The van der Waals surface area contributed by atoms with Crippen molar-refractivity contribution >= 4 is 21.6 Å². The Morgan fingerprint density at radius 3 is 2.74 bits per heavy atom. The fraction of sp³-hybridized carbons (Fsp3) is 0.143. The van der Waals surface area contributed by atoms with Crippen LogP contribution in [0, 0.1) is 11.3 Å². The van der Waals surface area contributed by atoms with Gasteiger partial charge >= 0.3 is 0 Å². The highest BCUT2D eigenvalue weighted by Gasteiger charge is 1.97. The minimum absolute atomic E-state index is 0.0660. The van der Waals surface area contributed by atoms with E-state index < -0.39 is 0 Å². The van der Waals surface area contributed by atoms with Crippen molar-refractivity contribution in [3.05, 3.63) is 52.8 Å². The molecule has 0 saturated heterocycles. The molecule has 0 spiro atoms. The number of nitrogens with zero attached hydrogens (tertiary/aromatic N) is 2. The van der Waals surface area contributed by atoms with E-state index in [9.17, 15) is 0 Å². The zero-order valence-electron chi connectivity index (χ0n) is 10.1. The van der Waals surface area contributed by atoms with Gasteiger partial charge in [0, 0.05) is 29.1 Å². The predicted molar refractivity (Wildman–Crippen MR) is 76.8 cm³/mol. The Hall–Kier alpha value is -2.06. The van der Waals surface area contributed by atoms with Crippen molar-refractivity contribution < 1.29 is 4.74 Å². The van der Waals surface area contributed by atoms with E-state index in [1.54, 1.807) is 6.20 Å². The number of pyridine rings is 1. The van der Waals surface area contributed by atoms with E-state index in [1.165, 1.54) is 0 Å². The number of halogens is 1. The molecule has 0 bridgehead atoms. The topological polar surface area (TPSA) is 57.9 Å². The zero-order valence-corrected chi connectivity index (χ0v) is 11.7. The summed E-state index contributed by atoms with van der Waals surface area (Å²) in [6, 6.07) is 11.4. The number of benzene rings is 1. The summed E-state index contributed by atoms with van der Waals surface area (Å²) in [5, 5.41) is 11.7. The van der Waals surface area contributed by atoms with Crippen molar-refractivity contribution in [1.29, 1.82) is 5.26 Å². The molecule has 0 radical (unpaired) electrons. The summed E-state index contributed by atoms with van der Waals surface area (Å²) in [5.74, 6) is 0.691. The molecule has 1 heterocycles. The van der Waals surface area contributed by atoms with Gasteiger partial charge in [-0.05, 0) is 51.8 Å². The van der Waals surface area contributed by atoms with Gasteiger partial charge in [-0.1, -0.05) is 0 Å². The molecular weight excluding hydrogens is 306 g/mol. The fourth-order valence-corrected chi connectivity index (χ4v) is 1.95. The number of hydrogen-bond donors (Lipinski definition) is 1. The molecule has 2 rings (SSSR count). The molecule has 0 atom stereocenters. The van der Waals surface area contributed by atoms with Crippen molar-refractivity contribution in [3.63, 3.8) is 0 Å². The molecule has 1 N–H and O–H groups in total. The van der Waals surface area contributed by atoms with Gasteiger partial charge in [0.25, 0.3) is 0 Å².